The van der Waals surface area contributed by atoms with Crippen molar-refractivity contribution in [2.45, 2.75) is 20.5 Å². The Hall–Kier alpha value is -2.99. The van der Waals surface area contributed by atoms with E-state index in [1.807, 2.05) is 55.5 Å². The van der Waals surface area contributed by atoms with Crippen molar-refractivity contribution < 1.29 is 4.74 Å². The van der Waals surface area contributed by atoms with Crippen LogP contribution in [0.4, 0.5) is 0 Å². The summed E-state index contributed by atoms with van der Waals surface area (Å²) < 4.78 is 7.14. The number of aryl methyl sites for hydroxylation is 2. The summed E-state index contributed by atoms with van der Waals surface area (Å²) in [6, 6.07) is 17.2. The molecule has 6 heteroatoms. The Bertz CT molecular complexity index is 1130. The highest BCUT2D eigenvalue weighted by Gasteiger charge is 2.11. The van der Waals surface area contributed by atoms with Crippen LogP contribution < -0.4 is 10.3 Å². The van der Waals surface area contributed by atoms with E-state index in [1.54, 1.807) is 0 Å². The SMILES string of the molecule is Cc1ccc(OCc2cc(=O)n3nc(-c4ccccc4)sc3n2)cc1C. The maximum Gasteiger partial charge on any atom is 0.275 e. The maximum atomic E-state index is 12.4. The molecule has 0 unspecified atom stereocenters. The first-order chi connectivity index (χ1) is 12.6. The van der Waals surface area contributed by atoms with E-state index in [2.05, 4.69) is 17.0 Å². The van der Waals surface area contributed by atoms with Crippen LogP contribution in [0.1, 0.15) is 16.8 Å². The Labute approximate surface area is 154 Å². The normalized spacial score (nSPS) is 11.0. The van der Waals surface area contributed by atoms with Gasteiger partial charge in [-0.05, 0) is 37.1 Å². The van der Waals surface area contributed by atoms with Crippen LogP contribution >= 0.6 is 11.3 Å². The first-order valence-electron chi connectivity index (χ1n) is 8.25. The molecule has 0 saturated heterocycles. The van der Waals surface area contributed by atoms with E-state index in [0.29, 0.717) is 10.7 Å². The number of ether oxygens (including phenoxy) is 1. The molecule has 0 spiro atoms. The Morgan fingerprint density at radius 1 is 1.04 bits per heavy atom. The fraction of sp³-hybridized carbons (Fsp3) is 0.150. The van der Waals surface area contributed by atoms with Gasteiger partial charge in [0, 0.05) is 11.6 Å². The lowest BCUT2D eigenvalue weighted by molar-refractivity contribution is 0.301. The summed E-state index contributed by atoms with van der Waals surface area (Å²) in [5.41, 5.74) is 3.74. The van der Waals surface area contributed by atoms with Crippen LogP contribution in [0, 0.1) is 13.8 Å². The molecule has 0 fully saturated rings. The largest absolute Gasteiger partial charge is 0.487 e. The Morgan fingerprint density at radius 2 is 1.85 bits per heavy atom. The standard InChI is InChI=1S/C20H17N3O2S/c1-13-8-9-17(10-14(13)2)25-12-16-11-18(24)23-20(21-16)26-19(22-23)15-6-4-3-5-7-15/h3-11H,12H2,1-2H3. The van der Waals surface area contributed by atoms with Crippen LogP contribution in [0.5, 0.6) is 5.75 Å². The second-order valence-electron chi connectivity index (χ2n) is 6.09. The summed E-state index contributed by atoms with van der Waals surface area (Å²) in [6.07, 6.45) is 0. The van der Waals surface area contributed by atoms with Gasteiger partial charge in [-0.25, -0.2) is 4.98 Å². The third kappa shape index (κ3) is 3.23. The number of benzene rings is 2. The van der Waals surface area contributed by atoms with E-state index in [9.17, 15) is 4.79 Å². The van der Waals surface area contributed by atoms with E-state index in [1.165, 1.54) is 33.0 Å². The minimum absolute atomic E-state index is 0.202. The molecular weight excluding hydrogens is 346 g/mol. The van der Waals surface area contributed by atoms with Crippen molar-refractivity contribution in [3.63, 3.8) is 0 Å². The summed E-state index contributed by atoms with van der Waals surface area (Å²) in [6.45, 7) is 4.35. The molecule has 0 radical (unpaired) electrons. The highest BCUT2D eigenvalue weighted by atomic mass is 32.1. The first-order valence-corrected chi connectivity index (χ1v) is 9.07. The van der Waals surface area contributed by atoms with Gasteiger partial charge in [-0.2, -0.15) is 9.61 Å². The van der Waals surface area contributed by atoms with Crippen LogP contribution in [-0.2, 0) is 6.61 Å². The third-order valence-electron chi connectivity index (χ3n) is 4.18. The summed E-state index contributed by atoms with van der Waals surface area (Å²) in [7, 11) is 0. The van der Waals surface area contributed by atoms with E-state index in [4.69, 9.17) is 4.74 Å². The van der Waals surface area contributed by atoms with Crippen LogP contribution in [-0.4, -0.2) is 14.6 Å². The molecule has 130 valence electrons. The molecule has 5 nitrogen and oxygen atoms in total. The van der Waals surface area contributed by atoms with Crippen molar-refractivity contribution in [1.82, 2.24) is 14.6 Å². The highest BCUT2D eigenvalue weighted by Crippen LogP contribution is 2.24. The van der Waals surface area contributed by atoms with Crippen molar-refractivity contribution in [2.24, 2.45) is 0 Å². The van der Waals surface area contributed by atoms with Gasteiger partial charge in [0.05, 0.1) is 5.69 Å². The topological polar surface area (TPSA) is 56.5 Å². The number of fused-ring (bicyclic) bond motifs is 1. The van der Waals surface area contributed by atoms with Crippen molar-refractivity contribution >= 4 is 16.3 Å². The van der Waals surface area contributed by atoms with Crippen LogP contribution in [0.3, 0.4) is 0 Å². The molecule has 0 aliphatic heterocycles. The van der Waals surface area contributed by atoms with E-state index >= 15 is 0 Å². The fourth-order valence-corrected chi connectivity index (χ4v) is 3.52. The molecule has 0 N–H and O–H groups in total. The van der Waals surface area contributed by atoms with E-state index < -0.39 is 0 Å². The smallest absolute Gasteiger partial charge is 0.275 e. The van der Waals surface area contributed by atoms with Crippen LogP contribution in [0.25, 0.3) is 15.5 Å². The van der Waals surface area contributed by atoms with Crippen LogP contribution in [0.15, 0.2) is 59.4 Å². The van der Waals surface area contributed by atoms with E-state index in [0.717, 1.165) is 16.3 Å². The van der Waals surface area contributed by atoms with Gasteiger partial charge < -0.3 is 4.74 Å². The lowest BCUT2D eigenvalue weighted by Crippen LogP contribution is -2.16. The average molecular weight is 363 g/mol. The summed E-state index contributed by atoms with van der Waals surface area (Å²) in [5.74, 6) is 0.768. The Morgan fingerprint density at radius 3 is 2.62 bits per heavy atom. The van der Waals surface area contributed by atoms with Crippen molar-refractivity contribution in [3.8, 4) is 16.3 Å². The highest BCUT2D eigenvalue weighted by molar-refractivity contribution is 7.19. The number of hydrogen-bond donors (Lipinski definition) is 0. The summed E-state index contributed by atoms with van der Waals surface area (Å²) >= 11 is 1.39. The number of aromatic nitrogens is 3. The van der Waals surface area contributed by atoms with Crippen molar-refractivity contribution in [1.29, 1.82) is 0 Å². The average Bonchev–Trinajstić information content (AvgIpc) is 3.08. The molecule has 0 amide bonds. The summed E-state index contributed by atoms with van der Waals surface area (Å²) in [4.78, 5) is 17.5. The van der Waals surface area contributed by atoms with Gasteiger partial charge in [0.2, 0.25) is 4.96 Å². The molecule has 26 heavy (non-hydrogen) atoms. The Balaban J connectivity index is 1.62. The lowest BCUT2D eigenvalue weighted by atomic mass is 10.1. The number of hydrogen-bond acceptors (Lipinski definition) is 5. The minimum atomic E-state index is -0.202. The van der Waals surface area contributed by atoms with Gasteiger partial charge in [0.15, 0.2) is 0 Å². The van der Waals surface area contributed by atoms with Crippen molar-refractivity contribution in [2.75, 3.05) is 0 Å². The van der Waals surface area contributed by atoms with Gasteiger partial charge in [-0.1, -0.05) is 47.7 Å². The molecule has 2 aromatic heterocycles. The predicted octanol–water partition coefficient (Wildman–Crippen LogP) is 4.01. The van der Waals surface area contributed by atoms with Crippen LogP contribution in [0.2, 0.25) is 0 Å². The molecule has 2 aromatic carbocycles. The third-order valence-corrected chi connectivity index (χ3v) is 5.14. The zero-order chi connectivity index (χ0) is 18.1. The molecule has 2 heterocycles. The summed E-state index contributed by atoms with van der Waals surface area (Å²) in [5, 5.41) is 5.15. The van der Waals surface area contributed by atoms with Gasteiger partial charge >= 0.3 is 0 Å². The molecular formula is C20H17N3O2S. The molecule has 0 aliphatic carbocycles. The number of rotatable bonds is 4. The second kappa shape index (κ2) is 6.72. The number of nitrogens with zero attached hydrogens (tertiary/aromatic N) is 3. The first kappa shape index (κ1) is 16.5. The van der Waals surface area contributed by atoms with Gasteiger partial charge in [0.1, 0.15) is 17.4 Å². The molecule has 0 bridgehead atoms. The molecule has 0 aliphatic rings. The zero-order valence-corrected chi connectivity index (χ0v) is 15.3. The van der Waals surface area contributed by atoms with Gasteiger partial charge in [0.25, 0.3) is 5.56 Å². The van der Waals surface area contributed by atoms with E-state index in [-0.39, 0.29) is 12.2 Å². The maximum absolute atomic E-state index is 12.4. The predicted molar refractivity (Wildman–Crippen MR) is 103 cm³/mol. The zero-order valence-electron chi connectivity index (χ0n) is 14.5. The molecule has 4 rings (SSSR count). The lowest BCUT2D eigenvalue weighted by Gasteiger charge is -2.07. The van der Waals surface area contributed by atoms with Gasteiger partial charge in [-0.15, -0.1) is 0 Å². The minimum Gasteiger partial charge on any atom is -0.487 e. The fourth-order valence-electron chi connectivity index (χ4n) is 2.59. The second-order valence-corrected chi connectivity index (χ2v) is 7.04. The molecule has 0 saturated carbocycles. The van der Waals surface area contributed by atoms with Gasteiger partial charge in [-0.3, -0.25) is 4.79 Å². The monoisotopic (exact) mass is 363 g/mol. The molecule has 4 aromatic rings. The molecule has 0 atom stereocenters. The van der Waals surface area contributed by atoms with Crippen molar-refractivity contribution in [3.05, 3.63) is 81.8 Å². The quantitative estimate of drug-likeness (QED) is 0.550. The Kier molecular flexibility index (Phi) is 4.26.